The number of hydrogen-bond donors (Lipinski definition) is 2. The van der Waals surface area contributed by atoms with Crippen molar-refractivity contribution in [1.29, 1.82) is 0 Å². The van der Waals surface area contributed by atoms with Crippen molar-refractivity contribution < 1.29 is 27.5 Å². The van der Waals surface area contributed by atoms with Gasteiger partial charge in [0, 0.05) is 6.04 Å². The molecule has 0 unspecified atom stereocenters. The van der Waals surface area contributed by atoms with Crippen LogP contribution < -0.4 is 15.4 Å². The number of carbonyl (C=O) groups is 2. The van der Waals surface area contributed by atoms with E-state index in [2.05, 4.69) is 5.32 Å². The van der Waals surface area contributed by atoms with E-state index in [9.17, 15) is 22.8 Å². The highest BCUT2D eigenvalue weighted by Crippen LogP contribution is 2.44. The van der Waals surface area contributed by atoms with E-state index in [1.165, 1.54) is 0 Å². The minimum absolute atomic E-state index is 0.170. The summed E-state index contributed by atoms with van der Waals surface area (Å²) < 4.78 is 43.0. The zero-order valence-corrected chi connectivity index (χ0v) is 14.9. The van der Waals surface area contributed by atoms with E-state index in [1.807, 2.05) is 23.5 Å². The fourth-order valence-electron chi connectivity index (χ4n) is 3.90. The van der Waals surface area contributed by atoms with Crippen molar-refractivity contribution in [3.63, 3.8) is 0 Å². The van der Waals surface area contributed by atoms with E-state index in [1.54, 1.807) is 32.2 Å². The molecule has 8 heteroatoms. The molecule has 2 amide bonds. The van der Waals surface area contributed by atoms with Gasteiger partial charge < -0.3 is 15.4 Å². The Hall–Kier alpha value is -2.51. The van der Waals surface area contributed by atoms with Crippen LogP contribution in [0.4, 0.5) is 13.2 Å². The van der Waals surface area contributed by atoms with Gasteiger partial charge in [-0.2, -0.15) is 13.2 Å². The van der Waals surface area contributed by atoms with Gasteiger partial charge in [0.25, 0.3) is 0 Å². The molecule has 0 saturated heterocycles. The maximum absolute atomic E-state index is 12.8. The standard InChI is InChI=1S/C19H21F3N2O3/c1-10(11-5-7-14(27-2)8-6-11)23-17(25)15-12-3-4-13(9-12)16(15)24-18(26)19(20,21)22/h3-8,10,12-13,15-16H,9H2,1-2H3,(H,23,25)(H,24,26)/t10-,12+,13+,15+,16-/m1/s1. The molecule has 2 N–H and O–H groups in total. The molecule has 5 nitrogen and oxygen atoms in total. The number of benzene rings is 1. The summed E-state index contributed by atoms with van der Waals surface area (Å²) in [5.74, 6) is -2.82. The third kappa shape index (κ3) is 3.94. The first kappa shape index (κ1) is 19.3. The van der Waals surface area contributed by atoms with E-state index in [0.717, 1.165) is 5.56 Å². The SMILES string of the molecule is COc1ccc([C@@H](C)NC(=O)[C@@H]2[C@H](NC(=O)C(F)(F)F)[C@H]3C=C[C@H]2C3)cc1. The van der Waals surface area contributed by atoms with Crippen molar-refractivity contribution in [1.82, 2.24) is 10.6 Å². The maximum atomic E-state index is 12.8. The lowest BCUT2D eigenvalue weighted by molar-refractivity contribution is -0.175. The first-order valence-electron chi connectivity index (χ1n) is 8.71. The average Bonchev–Trinajstić information content (AvgIpc) is 3.22. The minimum Gasteiger partial charge on any atom is -0.497 e. The number of allylic oxidation sites excluding steroid dienone is 1. The number of nitrogens with one attached hydrogen (secondary N) is 2. The number of fused-ring (bicyclic) bond motifs is 2. The molecule has 27 heavy (non-hydrogen) atoms. The molecule has 1 saturated carbocycles. The smallest absolute Gasteiger partial charge is 0.471 e. The van der Waals surface area contributed by atoms with E-state index in [-0.39, 0.29) is 23.8 Å². The molecule has 5 atom stereocenters. The molecule has 1 fully saturated rings. The Morgan fingerprint density at radius 2 is 1.78 bits per heavy atom. The molecule has 0 aliphatic heterocycles. The molecular weight excluding hydrogens is 361 g/mol. The van der Waals surface area contributed by atoms with Crippen molar-refractivity contribution in [2.75, 3.05) is 7.11 Å². The highest BCUT2D eigenvalue weighted by atomic mass is 19.4. The summed E-state index contributed by atoms with van der Waals surface area (Å²) in [6, 6.07) is 5.98. The van der Waals surface area contributed by atoms with Crippen LogP contribution in [-0.4, -0.2) is 31.1 Å². The third-order valence-electron chi connectivity index (χ3n) is 5.29. The number of halogens is 3. The number of hydrogen-bond acceptors (Lipinski definition) is 3. The molecule has 0 spiro atoms. The Balaban J connectivity index is 1.70. The summed E-state index contributed by atoms with van der Waals surface area (Å²) in [7, 11) is 1.55. The zero-order valence-electron chi connectivity index (χ0n) is 14.9. The Morgan fingerprint density at radius 3 is 2.37 bits per heavy atom. The number of ether oxygens (including phenoxy) is 1. The topological polar surface area (TPSA) is 67.4 Å². The lowest BCUT2D eigenvalue weighted by atomic mass is 9.87. The van der Waals surface area contributed by atoms with Gasteiger partial charge >= 0.3 is 12.1 Å². The maximum Gasteiger partial charge on any atom is 0.471 e. The second-order valence-corrected chi connectivity index (χ2v) is 6.97. The third-order valence-corrected chi connectivity index (χ3v) is 5.29. The van der Waals surface area contributed by atoms with Crippen LogP contribution in [0.5, 0.6) is 5.75 Å². The Kier molecular flexibility index (Phi) is 5.17. The summed E-state index contributed by atoms with van der Waals surface area (Å²) >= 11 is 0. The van der Waals surface area contributed by atoms with Crippen molar-refractivity contribution in [3.8, 4) is 5.75 Å². The van der Waals surface area contributed by atoms with E-state index < -0.39 is 24.0 Å². The van der Waals surface area contributed by atoms with Crippen LogP contribution in [0.1, 0.15) is 24.9 Å². The van der Waals surface area contributed by atoms with Crippen LogP contribution in [0.2, 0.25) is 0 Å². The molecule has 2 aliphatic rings. The lowest BCUT2D eigenvalue weighted by Crippen LogP contribution is -2.52. The largest absolute Gasteiger partial charge is 0.497 e. The predicted molar refractivity (Wildman–Crippen MR) is 91.8 cm³/mol. The molecule has 146 valence electrons. The molecule has 2 aliphatic carbocycles. The molecule has 0 aromatic heterocycles. The van der Waals surface area contributed by atoms with Gasteiger partial charge in [-0.25, -0.2) is 0 Å². The number of alkyl halides is 3. The molecule has 0 radical (unpaired) electrons. The molecule has 1 aromatic rings. The molecule has 1 aromatic carbocycles. The van der Waals surface area contributed by atoms with Gasteiger partial charge in [0.2, 0.25) is 5.91 Å². The van der Waals surface area contributed by atoms with Gasteiger partial charge in [-0.1, -0.05) is 24.3 Å². The first-order chi connectivity index (χ1) is 12.7. The predicted octanol–water partition coefficient (Wildman–Crippen LogP) is 2.74. The van der Waals surface area contributed by atoms with Gasteiger partial charge in [-0.05, 0) is 42.9 Å². The second-order valence-electron chi connectivity index (χ2n) is 6.97. The van der Waals surface area contributed by atoms with Crippen LogP contribution in [0.15, 0.2) is 36.4 Å². The van der Waals surface area contributed by atoms with Crippen molar-refractivity contribution in [2.24, 2.45) is 17.8 Å². The molecule has 2 bridgehead atoms. The average molecular weight is 382 g/mol. The van der Waals surface area contributed by atoms with Crippen molar-refractivity contribution >= 4 is 11.8 Å². The van der Waals surface area contributed by atoms with Crippen LogP contribution in [0.3, 0.4) is 0 Å². The van der Waals surface area contributed by atoms with Crippen LogP contribution >= 0.6 is 0 Å². The Bertz CT molecular complexity index is 746. The number of amides is 2. The van der Waals surface area contributed by atoms with Gasteiger partial charge in [0.05, 0.1) is 19.1 Å². The fraction of sp³-hybridized carbons (Fsp3) is 0.474. The van der Waals surface area contributed by atoms with Gasteiger partial charge in [0.15, 0.2) is 0 Å². The fourth-order valence-corrected chi connectivity index (χ4v) is 3.90. The molecular formula is C19H21F3N2O3. The van der Waals surface area contributed by atoms with Gasteiger partial charge in [-0.3, -0.25) is 9.59 Å². The summed E-state index contributed by atoms with van der Waals surface area (Å²) in [6.45, 7) is 1.80. The number of rotatable bonds is 5. The number of carbonyl (C=O) groups excluding carboxylic acids is 2. The quantitative estimate of drug-likeness (QED) is 0.770. The van der Waals surface area contributed by atoms with Crippen LogP contribution in [-0.2, 0) is 9.59 Å². The zero-order chi connectivity index (χ0) is 19.8. The Morgan fingerprint density at radius 1 is 1.15 bits per heavy atom. The normalized spacial score (nSPS) is 27.3. The summed E-state index contributed by atoms with van der Waals surface area (Å²) in [5, 5.41) is 4.87. The van der Waals surface area contributed by atoms with Gasteiger partial charge in [-0.15, -0.1) is 0 Å². The first-order valence-corrected chi connectivity index (χ1v) is 8.71. The lowest BCUT2D eigenvalue weighted by Gasteiger charge is -2.29. The Labute approximate surface area is 155 Å². The van der Waals surface area contributed by atoms with E-state index in [0.29, 0.717) is 12.2 Å². The second kappa shape index (κ2) is 7.25. The number of methoxy groups -OCH3 is 1. The van der Waals surface area contributed by atoms with E-state index >= 15 is 0 Å². The highest BCUT2D eigenvalue weighted by molar-refractivity contribution is 5.85. The van der Waals surface area contributed by atoms with Gasteiger partial charge in [0.1, 0.15) is 5.75 Å². The van der Waals surface area contributed by atoms with Crippen LogP contribution in [0, 0.1) is 17.8 Å². The highest BCUT2D eigenvalue weighted by Gasteiger charge is 2.51. The van der Waals surface area contributed by atoms with Crippen molar-refractivity contribution in [2.45, 2.75) is 31.6 Å². The summed E-state index contributed by atoms with van der Waals surface area (Å²) in [4.78, 5) is 24.1. The molecule has 0 heterocycles. The molecule has 3 rings (SSSR count). The van der Waals surface area contributed by atoms with Crippen molar-refractivity contribution in [3.05, 3.63) is 42.0 Å². The van der Waals surface area contributed by atoms with E-state index in [4.69, 9.17) is 4.74 Å². The summed E-state index contributed by atoms with van der Waals surface area (Å²) in [5.41, 5.74) is 0.846. The minimum atomic E-state index is -4.97. The monoisotopic (exact) mass is 382 g/mol. The van der Waals surface area contributed by atoms with Crippen LogP contribution in [0.25, 0.3) is 0 Å². The summed E-state index contributed by atoms with van der Waals surface area (Å²) in [6.07, 6.45) is -0.771.